The summed E-state index contributed by atoms with van der Waals surface area (Å²) < 4.78 is 4.56. The van der Waals surface area contributed by atoms with Gasteiger partial charge in [-0.15, -0.1) is 0 Å². The van der Waals surface area contributed by atoms with E-state index in [4.69, 9.17) is 0 Å². The number of hydrogen-bond donors (Lipinski definition) is 1. The molecule has 0 aromatic rings. The molecule has 0 aromatic carbocycles. The standard InChI is InChI=1S/C12H16O4/c1-16-10(13)4-5-12(11(14)15)7-8-2-3-9(12)6-8/h2-3,8-9H,4-7H2,1H3,(H,14,15). The number of carboxylic acid groups (broad SMARTS) is 1. The van der Waals surface area contributed by atoms with Crippen LogP contribution in [-0.2, 0) is 14.3 Å². The Labute approximate surface area is 94.3 Å². The van der Waals surface area contributed by atoms with Gasteiger partial charge in [0.1, 0.15) is 0 Å². The van der Waals surface area contributed by atoms with Gasteiger partial charge >= 0.3 is 11.9 Å². The molecule has 3 atom stereocenters. The summed E-state index contributed by atoms with van der Waals surface area (Å²) in [4.78, 5) is 22.5. The van der Waals surface area contributed by atoms with Crippen molar-refractivity contribution in [2.45, 2.75) is 25.7 Å². The minimum atomic E-state index is -0.770. The van der Waals surface area contributed by atoms with Crippen LogP contribution >= 0.6 is 0 Å². The normalized spacial score (nSPS) is 35.3. The highest BCUT2D eigenvalue weighted by molar-refractivity contribution is 5.78. The summed E-state index contributed by atoms with van der Waals surface area (Å²) >= 11 is 0. The van der Waals surface area contributed by atoms with Crippen LogP contribution in [0.4, 0.5) is 0 Å². The molecule has 4 nitrogen and oxygen atoms in total. The fourth-order valence-electron chi connectivity index (χ4n) is 3.02. The average Bonchev–Trinajstić information content (AvgIpc) is 2.86. The Morgan fingerprint density at radius 3 is 2.69 bits per heavy atom. The van der Waals surface area contributed by atoms with Crippen LogP contribution in [0.2, 0.25) is 0 Å². The van der Waals surface area contributed by atoms with Crippen LogP contribution in [-0.4, -0.2) is 24.2 Å². The molecule has 2 rings (SSSR count). The molecule has 2 bridgehead atoms. The first-order valence-corrected chi connectivity index (χ1v) is 5.57. The molecule has 2 aliphatic carbocycles. The predicted octanol–water partition coefficient (Wildman–Crippen LogP) is 1.61. The third-order valence-electron chi connectivity index (χ3n) is 3.94. The lowest BCUT2D eigenvalue weighted by Crippen LogP contribution is -2.35. The van der Waals surface area contributed by atoms with Crippen LogP contribution in [0.5, 0.6) is 0 Å². The van der Waals surface area contributed by atoms with Crippen molar-refractivity contribution in [1.29, 1.82) is 0 Å². The van der Waals surface area contributed by atoms with Crippen molar-refractivity contribution in [2.24, 2.45) is 17.3 Å². The summed E-state index contributed by atoms with van der Waals surface area (Å²) in [7, 11) is 1.33. The molecular formula is C12H16O4. The van der Waals surface area contributed by atoms with Gasteiger partial charge in [0.15, 0.2) is 0 Å². The lowest BCUT2D eigenvalue weighted by atomic mass is 9.72. The van der Waals surface area contributed by atoms with Crippen LogP contribution < -0.4 is 0 Å². The number of methoxy groups -OCH3 is 1. The second kappa shape index (κ2) is 3.92. The van der Waals surface area contributed by atoms with E-state index >= 15 is 0 Å². The number of fused-ring (bicyclic) bond motifs is 2. The molecule has 0 aromatic heterocycles. The lowest BCUT2D eigenvalue weighted by molar-refractivity contribution is -0.152. The summed E-state index contributed by atoms with van der Waals surface area (Å²) in [6.45, 7) is 0. The molecule has 0 amide bonds. The van der Waals surface area contributed by atoms with Gasteiger partial charge < -0.3 is 9.84 Å². The maximum absolute atomic E-state index is 11.4. The van der Waals surface area contributed by atoms with Crippen molar-refractivity contribution in [3.05, 3.63) is 12.2 Å². The van der Waals surface area contributed by atoms with Crippen molar-refractivity contribution >= 4 is 11.9 Å². The Morgan fingerprint density at radius 1 is 1.50 bits per heavy atom. The van der Waals surface area contributed by atoms with Gasteiger partial charge in [-0.1, -0.05) is 12.2 Å². The average molecular weight is 224 g/mol. The Kier molecular flexibility index (Phi) is 2.74. The highest BCUT2D eigenvalue weighted by Gasteiger charge is 2.53. The molecule has 0 spiro atoms. The third-order valence-corrected chi connectivity index (χ3v) is 3.94. The van der Waals surface area contributed by atoms with Gasteiger partial charge in [-0.2, -0.15) is 0 Å². The molecule has 88 valence electrons. The monoisotopic (exact) mass is 224 g/mol. The minimum Gasteiger partial charge on any atom is -0.481 e. The highest BCUT2D eigenvalue weighted by Crippen LogP contribution is 2.54. The van der Waals surface area contributed by atoms with Crippen molar-refractivity contribution < 1.29 is 19.4 Å². The van der Waals surface area contributed by atoms with Gasteiger partial charge in [-0.05, 0) is 31.1 Å². The summed E-state index contributed by atoms with van der Waals surface area (Å²) in [5, 5.41) is 9.39. The number of esters is 1. The quantitative estimate of drug-likeness (QED) is 0.582. The molecule has 0 heterocycles. The van der Waals surface area contributed by atoms with E-state index in [2.05, 4.69) is 10.8 Å². The molecule has 0 radical (unpaired) electrons. The number of ether oxygens (including phenoxy) is 1. The molecule has 0 aliphatic heterocycles. The zero-order valence-corrected chi connectivity index (χ0v) is 9.31. The molecule has 0 saturated heterocycles. The number of carbonyl (C=O) groups excluding carboxylic acids is 1. The Hall–Kier alpha value is -1.32. The van der Waals surface area contributed by atoms with Gasteiger partial charge in [0.05, 0.1) is 12.5 Å². The Morgan fingerprint density at radius 2 is 2.25 bits per heavy atom. The fraction of sp³-hybridized carbons (Fsp3) is 0.667. The number of carbonyl (C=O) groups is 2. The lowest BCUT2D eigenvalue weighted by Gasteiger charge is -2.30. The van der Waals surface area contributed by atoms with Crippen molar-refractivity contribution in [3.63, 3.8) is 0 Å². The van der Waals surface area contributed by atoms with Crippen LogP contribution in [0.15, 0.2) is 12.2 Å². The fourth-order valence-corrected chi connectivity index (χ4v) is 3.02. The Balaban J connectivity index is 2.09. The number of hydrogen-bond acceptors (Lipinski definition) is 3. The zero-order chi connectivity index (χ0) is 11.8. The second-order valence-electron chi connectivity index (χ2n) is 4.73. The number of rotatable bonds is 4. The van der Waals surface area contributed by atoms with Crippen LogP contribution in [0.3, 0.4) is 0 Å². The molecular weight excluding hydrogens is 208 g/mol. The van der Waals surface area contributed by atoms with E-state index in [1.165, 1.54) is 7.11 Å². The maximum Gasteiger partial charge on any atom is 0.310 e. The second-order valence-corrected chi connectivity index (χ2v) is 4.73. The zero-order valence-electron chi connectivity index (χ0n) is 9.31. The molecule has 16 heavy (non-hydrogen) atoms. The first-order valence-electron chi connectivity index (χ1n) is 5.57. The summed E-state index contributed by atoms with van der Waals surface area (Å²) in [6, 6.07) is 0. The van der Waals surface area contributed by atoms with Gasteiger partial charge in [0, 0.05) is 6.42 Å². The number of carboxylic acids is 1. The third kappa shape index (κ3) is 1.62. The van der Waals surface area contributed by atoms with E-state index in [1.54, 1.807) is 0 Å². The number of allylic oxidation sites excluding steroid dienone is 2. The molecule has 2 aliphatic rings. The summed E-state index contributed by atoms with van der Waals surface area (Å²) in [5.74, 6) is -0.612. The predicted molar refractivity (Wildman–Crippen MR) is 56.7 cm³/mol. The van der Waals surface area contributed by atoms with Crippen LogP contribution in [0.25, 0.3) is 0 Å². The first kappa shape index (κ1) is 11.2. The molecule has 1 fully saturated rings. The van der Waals surface area contributed by atoms with E-state index in [0.717, 1.165) is 6.42 Å². The molecule has 1 N–H and O–H groups in total. The van der Waals surface area contributed by atoms with Gasteiger partial charge in [0.2, 0.25) is 0 Å². The maximum atomic E-state index is 11.4. The summed E-state index contributed by atoms with van der Waals surface area (Å²) in [5.41, 5.74) is -0.729. The first-order chi connectivity index (χ1) is 7.58. The van der Waals surface area contributed by atoms with E-state index in [-0.39, 0.29) is 18.3 Å². The van der Waals surface area contributed by atoms with Crippen molar-refractivity contribution in [2.75, 3.05) is 7.11 Å². The van der Waals surface area contributed by atoms with Crippen molar-refractivity contribution in [3.8, 4) is 0 Å². The van der Waals surface area contributed by atoms with Gasteiger partial charge in [-0.3, -0.25) is 9.59 Å². The van der Waals surface area contributed by atoms with Gasteiger partial charge in [0.25, 0.3) is 0 Å². The van der Waals surface area contributed by atoms with Crippen LogP contribution in [0, 0.1) is 17.3 Å². The molecule has 4 heteroatoms. The minimum absolute atomic E-state index is 0.0969. The molecule has 3 unspecified atom stereocenters. The molecule has 1 saturated carbocycles. The highest BCUT2D eigenvalue weighted by atomic mass is 16.5. The van der Waals surface area contributed by atoms with E-state index in [9.17, 15) is 14.7 Å². The number of aliphatic carboxylic acids is 1. The van der Waals surface area contributed by atoms with Crippen LogP contribution in [0.1, 0.15) is 25.7 Å². The summed E-state index contributed by atoms with van der Waals surface area (Å²) in [6.07, 6.45) is 6.28. The van der Waals surface area contributed by atoms with E-state index < -0.39 is 11.4 Å². The van der Waals surface area contributed by atoms with Crippen molar-refractivity contribution in [1.82, 2.24) is 0 Å². The topological polar surface area (TPSA) is 63.6 Å². The van der Waals surface area contributed by atoms with E-state index in [1.807, 2.05) is 6.08 Å². The van der Waals surface area contributed by atoms with E-state index in [0.29, 0.717) is 18.8 Å². The largest absolute Gasteiger partial charge is 0.481 e. The Bertz CT molecular complexity index is 347. The smallest absolute Gasteiger partial charge is 0.310 e. The van der Waals surface area contributed by atoms with Gasteiger partial charge in [-0.25, -0.2) is 0 Å². The SMILES string of the molecule is COC(=O)CCC1(C(=O)O)CC2C=CC1C2.